The Hall–Kier alpha value is -3.75. The van der Waals surface area contributed by atoms with E-state index in [1.54, 1.807) is 30.3 Å². The van der Waals surface area contributed by atoms with Gasteiger partial charge in [-0.25, -0.2) is 0 Å². The summed E-state index contributed by atoms with van der Waals surface area (Å²) in [4.78, 5) is 43.0. The summed E-state index contributed by atoms with van der Waals surface area (Å²) in [5.74, 6) is -2.85. The van der Waals surface area contributed by atoms with Crippen LogP contribution in [0.3, 0.4) is 0 Å². The number of fused-ring (bicyclic) bond motifs is 1. The lowest BCUT2D eigenvalue weighted by Gasteiger charge is -2.20. The molecular weight excluding hydrogens is 423 g/mol. The monoisotopic (exact) mass is 441 g/mol. The van der Waals surface area contributed by atoms with E-state index in [4.69, 9.17) is 0 Å². The van der Waals surface area contributed by atoms with Crippen LogP contribution >= 0.6 is 0 Å². The molecule has 1 saturated heterocycles. The average Bonchev–Trinajstić information content (AvgIpc) is 3.00. The first kappa shape index (κ1) is 21.5. The third kappa shape index (κ3) is 3.59. The van der Waals surface area contributed by atoms with Crippen molar-refractivity contribution in [2.75, 3.05) is 12.4 Å². The number of hydrogen-bond donors (Lipinski definition) is 1. The quantitative estimate of drug-likeness (QED) is 0.615. The van der Waals surface area contributed by atoms with Gasteiger partial charge in [0.05, 0.1) is 22.7 Å². The minimum Gasteiger partial charge on any atom is -0.320 e. The van der Waals surface area contributed by atoms with Gasteiger partial charge in [0.2, 0.25) is 11.8 Å². The summed E-state index contributed by atoms with van der Waals surface area (Å²) in [5, 5.41) is 3.38. The van der Waals surface area contributed by atoms with Gasteiger partial charge in [-0.3, -0.25) is 24.3 Å². The molecular formula is C23H18F3N3O3. The Balaban J connectivity index is 1.84. The molecule has 1 N–H and O–H groups in total. The maximum atomic E-state index is 13.6. The minimum absolute atomic E-state index is 0.0869. The number of alkyl halides is 3. The Labute approximate surface area is 181 Å². The van der Waals surface area contributed by atoms with E-state index >= 15 is 0 Å². The standard InChI is InChI=1S/C23H18F3N3O3/c1-12-16(23(24,25)26)9-8-14(15-11-18(30)29(2)22(15)32)19(12)21(31)28-17-7-3-5-13-6-4-10-27-20(13)17/h3-10,15H,11H2,1-2H3,(H,28,31). The summed E-state index contributed by atoms with van der Waals surface area (Å²) >= 11 is 0. The van der Waals surface area contributed by atoms with Gasteiger partial charge in [0, 0.05) is 30.6 Å². The van der Waals surface area contributed by atoms with Gasteiger partial charge in [-0.2, -0.15) is 13.2 Å². The van der Waals surface area contributed by atoms with Crippen molar-refractivity contribution in [1.82, 2.24) is 9.88 Å². The molecule has 1 aromatic heterocycles. The highest BCUT2D eigenvalue weighted by Gasteiger charge is 2.41. The number of aromatic nitrogens is 1. The fourth-order valence-corrected chi connectivity index (χ4v) is 4.02. The van der Waals surface area contributed by atoms with Crippen molar-refractivity contribution in [1.29, 1.82) is 0 Å². The third-order valence-corrected chi connectivity index (χ3v) is 5.67. The molecule has 1 aliphatic heterocycles. The normalized spacial score (nSPS) is 16.7. The summed E-state index contributed by atoms with van der Waals surface area (Å²) in [6.45, 7) is 1.19. The van der Waals surface area contributed by atoms with E-state index in [0.29, 0.717) is 11.2 Å². The first-order valence-corrected chi connectivity index (χ1v) is 9.75. The Kier molecular flexibility index (Phi) is 5.20. The molecule has 0 spiro atoms. The van der Waals surface area contributed by atoms with E-state index in [1.807, 2.05) is 0 Å². The van der Waals surface area contributed by atoms with Crippen molar-refractivity contribution >= 4 is 34.3 Å². The molecule has 0 bridgehead atoms. The molecule has 1 atom stereocenters. The number of para-hydroxylation sites is 1. The lowest BCUT2D eigenvalue weighted by molar-refractivity contribution is -0.138. The molecule has 1 fully saturated rings. The lowest BCUT2D eigenvalue weighted by Crippen LogP contribution is -2.26. The Morgan fingerprint density at radius 1 is 1.12 bits per heavy atom. The molecule has 6 nitrogen and oxygen atoms in total. The molecule has 1 aliphatic rings. The van der Waals surface area contributed by atoms with E-state index in [2.05, 4.69) is 10.3 Å². The lowest BCUT2D eigenvalue weighted by atomic mass is 9.87. The molecule has 9 heteroatoms. The maximum absolute atomic E-state index is 13.6. The molecule has 4 rings (SSSR count). The van der Waals surface area contributed by atoms with Crippen LogP contribution in [0.25, 0.3) is 10.9 Å². The molecule has 2 heterocycles. The van der Waals surface area contributed by atoms with Gasteiger partial charge in [-0.05, 0) is 36.2 Å². The number of imide groups is 1. The summed E-state index contributed by atoms with van der Waals surface area (Å²) < 4.78 is 40.7. The van der Waals surface area contributed by atoms with Crippen molar-refractivity contribution < 1.29 is 27.6 Å². The number of pyridine rings is 1. The van der Waals surface area contributed by atoms with Gasteiger partial charge in [0.15, 0.2) is 0 Å². The predicted molar refractivity (Wildman–Crippen MR) is 111 cm³/mol. The van der Waals surface area contributed by atoms with E-state index < -0.39 is 35.4 Å². The van der Waals surface area contributed by atoms with E-state index in [-0.39, 0.29) is 23.1 Å². The minimum atomic E-state index is -4.69. The zero-order chi connectivity index (χ0) is 23.2. The summed E-state index contributed by atoms with van der Waals surface area (Å²) in [6.07, 6.45) is -3.36. The highest BCUT2D eigenvalue weighted by Crippen LogP contribution is 2.39. The largest absolute Gasteiger partial charge is 0.416 e. The predicted octanol–water partition coefficient (Wildman–Crippen LogP) is 4.29. The van der Waals surface area contributed by atoms with Crippen LogP contribution in [-0.4, -0.2) is 34.7 Å². The van der Waals surface area contributed by atoms with Crippen LogP contribution in [0.2, 0.25) is 0 Å². The molecule has 2 aromatic carbocycles. The topological polar surface area (TPSA) is 79.4 Å². The fraction of sp³-hybridized carbons (Fsp3) is 0.217. The number of anilines is 1. The number of benzene rings is 2. The molecule has 0 aliphatic carbocycles. The van der Waals surface area contributed by atoms with Crippen molar-refractivity contribution in [3.8, 4) is 0 Å². The van der Waals surface area contributed by atoms with Gasteiger partial charge in [0.1, 0.15) is 0 Å². The first-order chi connectivity index (χ1) is 15.1. The number of nitrogens with one attached hydrogen (secondary N) is 1. The van der Waals surface area contributed by atoms with Crippen LogP contribution in [0, 0.1) is 6.92 Å². The molecule has 0 radical (unpaired) electrons. The van der Waals surface area contributed by atoms with E-state index in [0.717, 1.165) is 22.4 Å². The zero-order valence-electron chi connectivity index (χ0n) is 17.2. The molecule has 1 unspecified atom stereocenters. The first-order valence-electron chi connectivity index (χ1n) is 9.75. The van der Waals surface area contributed by atoms with Gasteiger partial charge >= 0.3 is 6.18 Å². The number of likely N-dealkylation sites (tertiary alicyclic amines) is 1. The number of halogens is 3. The summed E-state index contributed by atoms with van der Waals surface area (Å²) in [5.41, 5.74) is -0.677. The number of carbonyl (C=O) groups is 3. The number of carbonyl (C=O) groups excluding carboxylic acids is 3. The van der Waals surface area contributed by atoms with Crippen molar-refractivity contribution in [3.63, 3.8) is 0 Å². The fourth-order valence-electron chi connectivity index (χ4n) is 4.02. The SMILES string of the molecule is Cc1c(C(F)(F)F)ccc(C2CC(=O)N(C)C2=O)c1C(=O)Nc1cccc2cccnc12. The van der Waals surface area contributed by atoms with E-state index in [9.17, 15) is 27.6 Å². The second-order valence-electron chi connectivity index (χ2n) is 7.58. The smallest absolute Gasteiger partial charge is 0.320 e. The number of rotatable bonds is 3. The van der Waals surface area contributed by atoms with Crippen LogP contribution in [0.15, 0.2) is 48.7 Å². The van der Waals surface area contributed by atoms with Crippen molar-refractivity contribution in [2.24, 2.45) is 0 Å². The molecule has 164 valence electrons. The van der Waals surface area contributed by atoms with Crippen molar-refractivity contribution in [2.45, 2.75) is 25.4 Å². The Bertz CT molecular complexity index is 1270. The van der Waals surface area contributed by atoms with Crippen LogP contribution in [0.1, 0.15) is 39.4 Å². The van der Waals surface area contributed by atoms with E-state index in [1.165, 1.54) is 20.2 Å². The number of hydrogen-bond acceptors (Lipinski definition) is 4. The average molecular weight is 441 g/mol. The van der Waals surface area contributed by atoms with Crippen LogP contribution in [0.5, 0.6) is 0 Å². The zero-order valence-corrected chi connectivity index (χ0v) is 17.2. The van der Waals surface area contributed by atoms with Crippen LogP contribution in [-0.2, 0) is 15.8 Å². The molecule has 3 amide bonds. The molecule has 3 aromatic rings. The number of nitrogens with zero attached hydrogens (tertiary/aromatic N) is 2. The second-order valence-corrected chi connectivity index (χ2v) is 7.58. The summed E-state index contributed by atoms with van der Waals surface area (Å²) in [6, 6.07) is 10.5. The Morgan fingerprint density at radius 3 is 2.50 bits per heavy atom. The van der Waals surface area contributed by atoms with Gasteiger partial charge < -0.3 is 5.32 Å². The highest BCUT2D eigenvalue weighted by molar-refractivity contribution is 6.12. The second kappa shape index (κ2) is 7.74. The van der Waals surface area contributed by atoms with Gasteiger partial charge in [-0.1, -0.05) is 24.3 Å². The Morgan fingerprint density at radius 2 is 1.84 bits per heavy atom. The van der Waals surface area contributed by atoms with Crippen LogP contribution < -0.4 is 5.32 Å². The number of likely N-dealkylation sites (N-methyl/N-ethyl adjacent to an activating group) is 1. The van der Waals surface area contributed by atoms with Crippen LogP contribution in [0.4, 0.5) is 18.9 Å². The highest BCUT2D eigenvalue weighted by atomic mass is 19.4. The third-order valence-electron chi connectivity index (χ3n) is 5.67. The summed E-state index contributed by atoms with van der Waals surface area (Å²) in [7, 11) is 1.31. The molecule has 32 heavy (non-hydrogen) atoms. The van der Waals surface area contributed by atoms with Gasteiger partial charge in [-0.15, -0.1) is 0 Å². The molecule has 0 saturated carbocycles. The van der Waals surface area contributed by atoms with Gasteiger partial charge in [0.25, 0.3) is 5.91 Å². The number of amides is 3. The maximum Gasteiger partial charge on any atom is 0.416 e. The van der Waals surface area contributed by atoms with Crippen molar-refractivity contribution in [3.05, 3.63) is 70.9 Å².